The van der Waals surface area contributed by atoms with Crippen LogP contribution in [0.2, 0.25) is 0 Å². The summed E-state index contributed by atoms with van der Waals surface area (Å²) >= 11 is 1.37. The summed E-state index contributed by atoms with van der Waals surface area (Å²) in [6, 6.07) is 16.2. The first kappa shape index (κ1) is 20.9. The lowest BCUT2D eigenvalue weighted by Crippen LogP contribution is -2.07. The van der Waals surface area contributed by atoms with Gasteiger partial charge >= 0.3 is 6.18 Å². The standard InChI is InChI=1S/C22H17F3N4OS/c1-30-19-8-3-2-5-16(19)14-31-21-28-27-20(15-9-11-26-12-10-15)29(21)18-7-4-6-17(13-18)22(23,24)25/h2-13H,14H2,1H3. The second kappa shape index (κ2) is 8.81. The summed E-state index contributed by atoms with van der Waals surface area (Å²) in [7, 11) is 1.59. The van der Waals surface area contributed by atoms with Crippen molar-refractivity contribution in [1.29, 1.82) is 0 Å². The van der Waals surface area contributed by atoms with E-state index in [2.05, 4.69) is 15.2 Å². The second-order valence-corrected chi connectivity index (χ2v) is 7.47. The van der Waals surface area contributed by atoms with Crippen molar-refractivity contribution < 1.29 is 17.9 Å². The molecule has 0 fully saturated rings. The van der Waals surface area contributed by atoms with Crippen molar-refractivity contribution in [1.82, 2.24) is 19.7 Å². The number of pyridine rings is 1. The van der Waals surface area contributed by atoms with Crippen LogP contribution in [-0.2, 0) is 11.9 Å². The van der Waals surface area contributed by atoms with Crippen LogP contribution < -0.4 is 4.74 Å². The minimum absolute atomic E-state index is 0.328. The maximum Gasteiger partial charge on any atom is 0.416 e. The summed E-state index contributed by atoms with van der Waals surface area (Å²) in [6.45, 7) is 0. The first-order chi connectivity index (χ1) is 15.0. The molecule has 0 amide bonds. The molecule has 0 N–H and O–H groups in total. The Kier molecular flexibility index (Phi) is 5.94. The highest BCUT2D eigenvalue weighted by Gasteiger charge is 2.31. The van der Waals surface area contributed by atoms with Gasteiger partial charge in [0.15, 0.2) is 11.0 Å². The highest BCUT2D eigenvalue weighted by atomic mass is 32.2. The summed E-state index contributed by atoms with van der Waals surface area (Å²) in [5.74, 6) is 1.68. The highest BCUT2D eigenvalue weighted by Crippen LogP contribution is 2.34. The average molecular weight is 442 g/mol. The number of ether oxygens (including phenoxy) is 1. The Morgan fingerprint density at radius 1 is 0.968 bits per heavy atom. The fraction of sp³-hybridized carbons (Fsp3) is 0.136. The Labute approximate surface area is 180 Å². The fourth-order valence-electron chi connectivity index (χ4n) is 3.07. The normalized spacial score (nSPS) is 11.5. The van der Waals surface area contributed by atoms with E-state index in [1.54, 1.807) is 42.3 Å². The number of methoxy groups -OCH3 is 1. The Morgan fingerprint density at radius 2 is 1.74 bits per heavy atom. The SMILES string of the molecule is COc1ccccc1CSc1nnc(-c2ccncc2)n1-c1cccc(C(F)(F)F)c1. The fourth-order valence-corrected chi connectivity index (χ4v) is 4.01. The number of thioether (sulfide) groups is 1. The smallest absolute Gasteiger partial charge is 0.416 e. The molecule has 0 radical (unpaired) electrons. The number of rotatable bonds is 6. The molecule has 9 heteroatoms. The maximum absolute atomic E-state index is 13.3. The lowest BCUT2D eigenvalue weighted by molar-refractivity contribution is -0.137. The van der Waals surface area contributed by atoms with E-state index in [1.165, 1.54) is 17.8 Å². The minimum Gasteiger partial charge on any atom is -0.496 e. The van der Waals surface area contributed by atoms with Crippen molar-refractivity contribution in [3.63, 3.8) is 0 Å². The van der Waals surface area contributed by atoms with Crippen LogP contribution in [-0.4, -0.2) is 26.9 Å². The third-order valence-electron chi connectivity index (χ3n) is 4.55. The molecule has 0 atom stereocenters. The predicted octanol–water partition coefficient (Wildman–Crippen LogP) is 5.65. The third-order valence-corrected chi connectivity index (χ3v) is 5.53. The monoisotopic (exact) mass is 442 g/mol. The summed E-state index contributed by atoms with van der Waals surface area (Å²) in [5, 5.41) is 9.00. The lowest BCUT2D eigenvalue weighted by Gasteiger charge is -2.13. The number of benzene rings is 2. The van der Waals surface area contributed by atoms with Crippen LogP contribution in [0.25, 0.3) is 17.1 Å². The Morgan fingerprint density at radius 3 is 2.48 bits per heavy atom. The molecule has 0 saturated carbocycles. The summed E-state index contributed by atoms with van der Waals surface area (Å²) in [6.07, 6.45) is -1.25. The molecular weight excluding hydrogens is 425 g/mol. The van der Waals surface area contributed by atoms with Gasteiger partial charge in [0.25, 0.3) is 0 Å². The molecule has 5 nitrogen and oxygen atoms in total. The van der Waals surface area contributed by atoms with Gasteiger partial charge in [-0.3, -0.25) is 9.55 Å². The largest absolute Gasteiger partial charge is 0.496 e. The van der Waals surface area contributed by atoms with Gasteiger partial charge in [-0.25, -0.2) is 0 Å². The van der Waals surface area contributed by atoms with Gasteiger partial charge in [-0.15, -0.1) is 10.2 Å². The van der Waals surface area contributed by atoms with Crippen LogP contribution in [0, 0.1) is 0 Å². The van der Waals surface area contributed by atoms with Crippen LogP contribution >= 0.6 is 11.8 Å². The molecule has 2 aromatic heterocycles. The molecular formula is C22H17F3N4OS. The third kappa shape index (κ3) is 4.56. The predicted molar refractivity (Wildman–Crippen MR) is 112 cm³/mol. The first-order valence-electron chi connectivity index (χ1n) is 9.25. The maximum atomic E-state index is 13.3. The Bertz CT molecular complexity index is 1180. The number of hydrogen-bond acceptors (Lipinski definition) is 5. The zero-order chi connectivity index (χ0) is 21.8. The molecule has 2 heterocycles. The quantitative estimate of drug-likeness (QED) is 0.361. The topological polar surface area (TPSA) is 52.8 Å². The van der Waals surface area contributed by atoms with E-state index in [9.17, 15) is 13.2 Å². The number of hydrogen-bond donors (Lipinski definition) is 0. The van der Waals surface area contributed by atoms with E-state index in [4.69, 9.17) is 4.74 Å². The summed E-state index contributed by atoms with van der Waals surface area (Å²) in [4.78, 5) is 4.00. The van der Waals surface area contributed by atoms with E-state index in [1.807, 2.05) is 24.3 Å². The minimum atomic E-state index is -4.45. The average Bonchev–Trinajstić information content (AvgIpc) is 3.22. The molecule has 0 aliphatic heterocycles. The highest BCUT2D eigenvalue weighted by molar-refractivity contribution is 7.98. The summed E-state index contributed by atoms with van der Waals surface area (Å²) in [5.41, 5.74) is 1.23. The van der Waals surface area contributed by atoms with Crippen LogP contribution in [0.3, 0.4) is 0 Å². The zero-order valence-electron chi connectivity index (χ0n) is 16.4. The van der Waals surface area contributed by atoms with Crippen molar-refractivity contribution in [3.8, 4) is 22.8 Å². The van der Waals surface area contributed by atoms with Crippen LogP contribution in [0.15, 0.2) is 78.2 Å². The van der Waals surface area contributed by atoms with Gasteiger partial charge in [-0.2, -0.15) is 13.2 Å². The van der Waals surface area contributed by atoms with Gasteiger partial charge in [-0.05, 0) is 36.4 Å². The van der Waals surface area contributed by atoms with Crippen LogP contribution in [0.1, 0.15) is 11.1 Å². The lowest BCUT2D eigenvalue weighted by atomic mass is 10.2. The molecule has 2 aromatic carbocycles. The molecule has 31 heavy (non-hydrogen) atoms. The molecule has 0 unspecified atom stereocenters. The van der Waals surface area contributed by atoms with E-state index in [0.29, 0.717) is 28.0 Å². The second-order valence-electron chi connectivity index (χ2n) is 6.53. The van der Waals surface area contributed by atoms with Gasteiger partial charge in [0.2, 0.25) is 0 Å². The molecule has 4 rings (SSSR count). The molecule has 0 aliphatic rings. The van der Waals surface area contributed by atoms with Crippen molar-refractivity contribution >= 4 is 11.8 Å². The molecule has 4 aromatic rings. The molecule has 0 saturated heterocycles. The van der Waals surface area contributed by atoms with E-state index >= 15 is 0 Å². The van der Waals surface area contributed by atoms with E-state index in [-0.39, 0.29) is 0 Å². The summed E-state index contributed by atoms with van der Waals surface area (Å²) < 4.78 is 47.0. The van der Waals surface area contributed by atoms with Crippen molar-refractivity contribution in [3.05, 3.63) is 84.2 Å². The first-order valence-corrected chi connectivity index (χ1v) is 10.2. The van der Waals surface area contributed by atoms with Crippen LogP contribution in [0.4, 0.5) is 13.2 Å². The van der Waals surface area contributed by atoms with Crippen molar-refractivity contribution in [2.45, 2.75) is 17.1 Å². The Balaban J connectivity index is 1.77. The zero-order valence-corrected chi connectivity index (χ0v) is 17.2. The van der Waals surface area contributed by atoms with Crippen molar-refractivity contribution in [2.24, 2.45) is 0 Å². The molecule has 0 bridgehead atoms. The van der Waals surface area contributed by atoms with Crippen molar-refractivity contribution in [2.75, 3.05) is 7.11 Å². The number of para-hydroxylation sites is 1. The Hall–Kier alpha value is -3.33. The van der Waals surface area contributed by atoms with E-state index < -0.39 is 11.7 Å². The van der Waals surface area contributed by atoms with Gasteiger partial charge < -0.3 is 4.74 Å². The molecule has 0 spiro atoms. The molecule has 158 valence electrons. The molecule has 0 aliphatic carbocycles. The number of nitrogens with zero attached hydrogens (tertiary/aromatic N) is 4. The number of alkyl halides is 3. The van der Waals surface area contributed by atoms with Gasteiger partial charge in [0.1, 0.15) is 5.75 Å². The number of aromatic nitrogens is 4. The van der Waals surface area contributed by atoms with E-state index in [0.717, 1.165) is 23.4 Å². The van der Waals surface area contributed by atoms with Gasteiger partial charge in [0.05, 0.1) is 18.4 Å². The van der Waals surface area contributed by atoms with Gasteiger partial charge in [-0.1, -0.05) is 36.0 Å². The van der Waals surface area contributed by atoms with Crippen LogP contribution in [0.5, 0.6) is 5.75 Å². The number of halogens is 3. The van der Waals surface area contributed by atoms with Gasteiger partial charge in [0, 0.05) is 29.3 Å².